The van der Waals surface area contributed by atoms with Gasteiger partial charge < -0.3 is 10.1 Å². The quantitative estimate of drug-likeness (QED) is 0.848. The van der Waals surface area contributed by atoms with Crippen molar-refractivity contribution < 1.29 is 9.53 Å². The van der Waals surface area contributed by atoms with Crippen molar-refractivity contribution in [3.63, 3.8) is 0 Å². The summed E-state index contributed by atoms with van der Waals surface area (Å²) in [5, 5.41) is 2.90. The maximum Gasteiger partial charge on any atom is 0.224 e. The van der Waals surface area contributed by atoms with Gasteiger partial charge in [-0.1, -0.05) is 6.92 Å². The first-order valence-electron chi connectivity index (χ1n) is 6.10. The molecule has 1 rings (SSSR count). The van der Waals surface area contributed by atoms with Crippen molar-refractivity contribution in [1.29, 1.82) is 0 Å². The molecule has 0 saturated heterocycles. The smallest absolute Gasteiger partial charge is 0.224 e. The molecule has 0 aliphatic heterocycles. The van der Waals surface area contributed by atoms with Crippen LogP contribution in [-0.2, 0) is 4.79 Å². The van der Waals surface area contributed by atoms with E-state index in [1.54, 1.807) is 0 Å². The van der Waals surface area contributed by atoms with E-state index < -0.39 is 0 Å². The summed E-state index contributed by atoms with van der Waals surface area (Å²) in [4.78, 5) is 11.5. The number of rotatable bonds is 5. The third-order valence-corrected chi connectivity index (χ3v) is 2.32. The average molecular weight is 235 g/mol. The van der Waals surface area contributed by atoms with Gasteiger partial charge in [0, 0.05) is 12.1 Å². The monoisotopic (exact) mass is 235 g/mol. The van der Waals surface area contributed by atoms with E-state index in [1.807, 2.05) is 45.9 Å². The van der Waals surface area contributed by atoms with E-state index in [0.29, 0.717) is 6.42 Å². The Hall–Kier alpha value is -1.51. The first kappa shape index (κ1) is 13.6. The van der Waals surface area contributed by atoms with Gasteiger partial charge in [-0.2, -0.15) is 0 Å². The fraction of sp³-hybridized carbons (Fsp3) is 0.500. The summed E-state index contributed by atoms with van der Waals surface area (Å²) in [6, 6.07) is 5.72. The second-order valence-electron chi connectivity index (χ2n) is 4.44. The normalized spacial score (nSPS) is 10.4. The van der Waals surface area contributed by atoms with E-state index >= 15 is 0 Å². The Morgan fingerprint density at radius 1 is 1.41 bits per heavy atom. The fourth-order valence-electron chi connectivity index (χ4n) is 1.56. The van der Waals surface area contributed by atoms with E-state index in [9.17, 15) is 4.79 Å². The molecular weight excluding hydrogens is 214 g/mol. The van der Waals surface area contributed by atoms with Crippen LogP contribution in [0.3, 0.4) is 0 Å². The van der Waals surface area contributed by atoms with Crippen molar-refractivity contribution in [1.82, 2.24) is 0 Å². The summed E-state index contributed by atoms with van der Waals surface area (Å²) in [5.74, 6) is 0.902. The van der Waals surface area contributed by atoms with Gasteiger partial charge in [-0.15, -0.1) is 0 Å². The van der Waals surface area contributed by atoms with Gasteiger partial charge in [0.1, 0.15) is 5.75 Å². The van der Waals surface area contributed by atoms with Crippen molar-refractivity contribution in [3.8, 4) is 5.75 Å². The largest absolute Gasteiger partial charge is 0.491 e. The van der Waals surface area contributed by atoms with Gasteiger partial charge in [0.15, 0.2) is 0 Å². The lowest BCUT2D eigenvalue weighted by Gasteiger charge is -2.13. The zero-order chi connectivity index (χ0) is 12.8. The van der Waals surface area contributed by atoms with Gasteiger partial charge in [0.2, 0.25) is 5.91 Å². The van der Waals surface area contributed by atoms with Gasteiger partial charge in [-0.25, -0.2) is 0 Å². The van der Waals surface area contributed by atoms with Crippen LogP contribution in [0.5, 0.6) is 5.75 Å². The zero-order valence-electron chi connectivity index (χ0n) is 11.0. The minimum absolute atomic E-state index is 0.0631. The van der Waals surface area contributed by atoms with Crippen LogP contribution in [0.15, 0.2) is 18.2 Å². The molecule has 0 bridgehead atoms. The molecule has 1 amide bonds. The number of nitrogens with one attached hydrogen (secondary N) is 1. The number of carbonyl (C=O) groups excluding carboxylic acids is 1. The summed E-state index contributed by atoms with van der Waals surface area (Å²) in [6.45, 7) is 7.94. The first-order chi connectivity index (χ1) is 8.02. The zero-order valence-corrected chi connectivity index (χ0v) is 11.0. The molecule has 0 aliphatic carbocycles. The molecule has 3 heteroatoms. The fourth-order valence-corrected chi connectivity index (χ4v) is 1.56. The predicted molar refractivity (Wildman–Crippen MR) is 70.5 cm³/mol. The van der Waals surface area contributed by atoms with Gasteiger partial charge in [0.05, 0.1) is 6.10 Å². The van der Waals surface area contributed by atoms with Crippen LogP contribution in [0, 0.1) is 6.92 Å². The number of ether oxygens (including phenoxy) is 1. The summed E-state index contributed by atoms with van der Waals surface area (Å²) in [6.07, 6.45) is 1.58. The van der Waals surface area contributed by atoms with Gasteiger partial charge in [-0.05, 0) is 51.0 Å². The number of anilines is 1. The highest BCUT2D eigenvalue weighted by Crippen LogP contribution is 2.22. The molecule has 3 nitrogen and oxygen atoms in total. The molecule has 0 saturated carbocycles. The van der Waals surface area contributed by atoms with Crippen molar-refractivity contribution >= 4 is 11.6 Å². The SMILES string of the molecule is CCCC(=O)Nc1ccc(OC(C)C)cc1C. The molecule has 0 unspecified atom stereocenters. The lowest BCUT2D eigenvalue weighted by molar-refractivity contribution is -0.116. The maximum atomic E-state index is 11.5. The van der Waals surface area contributed by atoms with E-state index in [-0.39, 0.29) is 12.0 Å². The molecule has 0 aromatic heterocycles. The van der Waals surface area contributed by atoms with E-state index in [0.717, 1.165) is 23.4 Å². The van der Waals surface area contributed by atoms with Gasteiger partial charge in [0.25, 0.3) is 0 Å². The van der Waals surface area contributed by atoms with Crippen LogP contribution < -0.4 is 10.1 Å². The highest BCUT2D eigenvalue weighted by Gasteiger charge is 2.05. The average Bonchev–Trinajstić information content (AvgIpc) is 2.21. The number of hydrogen-bond donors (Lipinski definition) is 1. The van der Waals surface area contributed by atoms with Crippen molar-refractivity contribution in [2.45, 2.75) is 46.6 Å². The van der Waals surface area contributed by atoms with Crippen LogP contribution >= 0.6 is 0 Å². The molecule has 94 valence electrons. The highest BCUT2D eigenvalue weighted by atomic mass is 16.5. The van der Waals surface area contributed by atoms with E-state index in [1.165, 1.54) is 0 Å². The van der Waals surface area contributed by atoms with Crippen LogP contribution in [0.25, 0.3) is 0 Å². The molecular formula is C14H21NO2. The summed E-state index contributed by atoms with van der Waals surface area (Å²) >= 11 is 0. The maximum absolute atomic E-state index is 11.5. The second kappa shape index (κ2) is 6.28. The highest BCUT2D eigenvalue weighted by molar-refractivity contribution is 5.91. The third kappa shape index (κ3) is 4.47. The Labute approximate surface area is 103 Å². The van der Waals surface area contributed by atoms with Crippen LogP contribution in [-0.4, -0.2) is 12.0 Å². The Bertz CT molecular complexity index is 386. The molecule has 0 spiro atoms. The van der Waals surface area contributed by atoms with Gasteiger partial charge in [-0.3, -0.25) is 4.79 Å². The Balaban J connectivity index is 2.72. The number of hydrogen-bond acceptors (Lipinski definition) is 2. The van der Waals surface area contributed by atoms with Crippen LogP contribution in [0.2, 0.25) is 0 Å². The van der Waals surface area contributed by atoms with Crippen molar-refractivity contribution in [3.05, 3.63) is 23.8 Å². The summed E-state index contributed by atoms with van der Waals surface area (Å²) in [5.41, 5.74) is 1.88. The second-order valence-corrected chi connectivity index (χ2v) is 4.44. The number of benzene rings is 1. The Morgan fingerprint density at radius 3 is 2.65 bits per heavy atom. The van der Waals surface area contributed by atoms with E-state index in [4.69, 9.17) is 4.74 Å². The molecule has 1 aromatic rings. The topological polar surface area (TPSA) is 38.3 Å². The lowest BCUT2D eigenvalue weighted by atomic mass is 10.2. The molecule has 0 heterocycles. The van der Waals surface area contributed by atoms with Crippen LogP contribution in [0.1, 0.15) is 39.2 Å². The van der Waals surface area contributed by atoms with Gasteiger partial charge >= 0.3 is 0 Å². The third-order valence-electron chi connectivity index (χ3n) is 2.32. The summed E-state index contributed by atoms with van der Waals surface area (Å²) in [7, 11) is 0. The molecule has 1 aromatic carbocycles. The Kier molecular flexibility index (Phi) is 5.01. The first-order valence-corrected chi connectivity index (χ1v) is 6.10. The predicted octanol–water partition coefficient (Wildman–Crippen LogP) is 3.52. The number of carbonyl (C=O) groups is 1. The minimum Gasteiger partial charge on any atom is -0.491 e. The Morgan fingerprint density at radius 2 is 2.12 bits per heavy atom. The standard InChI is InChI=1S/C14H21NO2/c1-5-6-14(16)15-13-8-7-12(9-11(13)4)17-10(2)3/h7-10H,5-6H2,1-4H3,(H,15,16). The van der Waals surface area contributed by atoms with E-state index in [2.05, 4.69) is 5.32 Å². The molecule has 0 atom stereocenters. The molecule has 0 fully saturated rings. The molecule has 17 heavy (non-hydrogen) atoms. The van der Waals surface area contributed by atoms with Crippen molar-refractivity contribution in [2.24, 2.45) is 0 Å². The molecule has 0 aliphatic rings. The van der Waals surface area contributed by atoms with Crippen molar-refractivity contribution in [2.75, 3.05) is 5.32 Å². The number of aryl methyl sites for hydroxylation is 1. The summed E-state index contributed by atoms with van der Waals surface area (Å²) < 4.78 is 5.59. The molecule has 1 N–H and O–H groups in total. The number of amides is 1. The minimum atomic E-state index is 0.0631. The molecule has 0 radical (unpaired) electrons. The van der Waals surface area contributed by atoms with Crippen LogP contribution in [0.4, 0.5) is 5.69 Å². The lowest BCUT2D eigenvalue weighted by Crippen LogP contribution is -2.12.